The summed E-state index contributed by atoms with van der Waals surface area (Å²) in [7, 11) is 0. The number of carbonyl (C=O) groups excluding carboxylic acids is 2. The molecule has 4 bridgehead atoms. The van der Waals surface area contributed by atoms with Crippen molar-refractivity contribution >= 4 is 11.8 Å². The smallest absolute Gasteiger partial charge is 0.239 e. The van der Waals surface area contributed by atoms with Gasteiger partial charge in [-0.1, -0.05) is 24.3 Å². The molecule has 33 heavy (non-hydrogen) atoms. The fourth-order valence-electron chi connectivity index (χ4n) is 7.48. The predicted octanol–water partition coefficient (Wildman–Crippen LogP) is 3.25. The summed E-state index contributed by atoms with van der Waals surface area (Å²) in [6.45, 7) is 6.24. The summed E-state index contributed by atoms with van der Waals surface area (Å²) in [4.78, 5) is 27.4. The van der Waals surface area contributed by atoms with Crippen LogP contribution >= 0.6 is 0 Å². The van der Waals surface area contributed by atoms with Crippen molar-refractivity contribution < 1.29 is 14.3 Å². The highest BCUT2D eigenvalue weighted by atomic mass is 16.5. The molecule has 1 aromatic rings. The van der Waals surface area contributed by atoms with Gasteiger partial charge in [0.05, 0.1) is 19.3 Å². The number of nitrogens with one attached hydrogen (secondary N) is 2. The van der Waals surface area contributed by atoms with E-state index in [2.05, 4.69) is 34.6 Å². The summed E-state index contributed by atoms with van der Waals surface area (Å²) in [5.74, 6) is 2.45. The molecule has 4 aliphatic carbocycles. The molecule has 0 aromatic heterocycles. The Labute approximate surface area is 197 Å². The molecule has 2 N–H and O–H groups in total. The van der Waals surface area contributed by atoms with Crippen molar-refractivity contribution in [1.29, 1.82) is 0 Å². The van der Waals surface area contributed by atoms with Gasteiger partial charge in [-0.05, 0) is 79.7 Å². The zero-order valence-electron chi connectivity index (χ0n) is 20.0. The van der Waals surface area contributed by atoms with Crippen molar-refractivity contribution in [2.45, 2.75) is 71.1 Å². The Balaban J connectivity index is 1.04. The first-order valence-corrected chi connectivity index (χ1v) is 12.9. The van der Waals surface area contributed by atoms with Crippen molar-refractivity contribution in [2.75, 3.05) is 26.2 Å². The first kappa shape index (κ1) is 22.9. The van der Waals surface area contributed by atoms with Gasteiger partial charge in [0.2, 0.25) is 11.8 Å². The number of morpholine rings is 1. The fourth-order valence-corrected chi connectivity index (χ4v) is 7.48. The van der Waals surface area contributed by atoms with Crippen molar-refractivity contribution in [3.05, 3.63) is 35.4 Å². The van der Waals surface area contributed by atoms with Crippen molar-refractivity contribution in [2.24, 2.45) is 23.2 Å². The fraction of sp³-hybridized carbons (Fsp3) is 0.704. The highest BCUT2D eigenvalue weighted by molar-refractivity contribution is 5.84. The van der Waals surface area contributed by atoms with Crippen LogP contribution in [0.25, 0.3) is 0 Å². The van der Waals surface area contributed by atoms with Gasteiger partial charge in [0.25, 0.3) is 0 Å². The van der Waals surface area contributed by atoms with Gasteiger partial charge in [0.15, 0.2) is 0 Å². The molecule has 1 unspecified atom stereocenters. The standard InChI is InChI=1S/C27H39N3O3/c1-19-17-30(5-6-33-19)18-21-4-2-3-20(7-21)15-28-26(32)16-29-25(31)14-27-11-22-8-23(12-27)10-24(9-22)13-27/h2-4,7,19,22-24H,5-6,8-18H2,1H3,(H,28,32)(H,29,31). The Morgan fingerprint density at radius 2 is 1.73 bits per heavy atom. The second-order valence-electron chi connectivity index (χ2n) is 11.4. The summed E-state index contributed by atoms with van der Waals surface area (Å²) in [5.41, 5.74) is 2.55. The molecule has 180 valence electrons. The number of hydrogen-bond donors (Lipinski definition) is 2. The Kier molecular flexibility index (Phi) is 6.75. The van der Waals surface area contributed by atoms with E-state index in [4.69, 9.17) is 4.74 Å². The van der Waals surface area contributed by atoms with Gasteiger partial charge in [-0.3, -0.25) is 14.5 Å². The molecule has 1 aliphatic heterocycles. The minimum atomic E-state index is -0.124. The monoisotopic (exact) mass is 453 g/mol. The van der Waals surface area contributed by atoms with Crippen LogP contribution in [-0.2, 0) is 27.4 Å². The third kappa shape index (κ3) is 5.78. The quantitative estimate of drug-likeness (QED) is 0.634. The van der Waals surface area contributed by atoms with E-state index in [-0.39, 0.29) is 29.9 Å². The van der Waals surface area contributed by atoms with Crippen LogP contribution in [0.4, 0.5) is 0 Å². The number of ether oxygens (including phenoxy) is 1. The summed E-state index contributed by atoms with van der Waals surface area (Å²) in [6, 6.07) is 8.38. The Hall–Kier alpha value is -1.92. The second kappa shape index (κ2) is 9.75. The predicted molar refractivity (Wildman–Crippen MR) is 127 cm³/mol. The number of benzene rings is 1. The van der Waals surface area contributed by atoms with Crippen LogP contribution in [0.1, 0.15) is 63.0 Å². The molecule has 6 heteroatoms. The van der Waals surface area contributed by atoms with E-state index in [1.165, 1.54) is 44.1 Å². The van der Waals surface area contributed by atoms with Crippen LogP contribution in [0.2, 0.25) is 0 Å². The van der Waals surface area contributed by atoms with E-state index < -0.39 is 0 Å². The lowest BCUT2D eigenvalue weighted by Gasteiger charge is -2.56. The van der Waals surface area contributed by atoms with Gasteiger partial charge in [0, 0.05) is 32.6 Å². The zero-order chi connectivity index (χ0) is 22.8. The summed E-state index contributed by atoms with van der Waals surface area (Å²) < 4.78 is 5.62. The van der Waals surface area contributed by atoms with E-state index in [1.807, 2.05) is 12.1 Å². The van der Waals surface area contributed by atoms with Gasteiger partial charge in [0.1, 0.15) is 0 Å². The normalized spacial score (nSPS) is 33.1. The summed E-state index contributed by atoms with van der Waals surface area (Å²) >= 11 is 0. The average molecular weight is 454 g/mol. The van der Waals surface area contributed by atoms with Gasteiger partial charge >= 0.3 is 0 Å². The lowest BCUT2D eigenvalue weighted by Crippen LogP contribution is -2.48. The van der Waals surface area contributed by atoms with E-state index in [1.54, 1.807) is 0 Å². The van der Waals surface area contributed by atoms with E-state index in [9.17, 15) is 9.59 Å². The van der Waals surface area contributed by atoms with Gasteiger partial charge in [-0.2, -0.15) is 0 Å². The maximum atomic E-state index is 12.7. The number of carbonyl (C=O) groups is 2. The molecule has 2 amide bonds. The van der Waals surface area contributed by atoms with E-state index >= 15 is 0 Å². The number of rotatable bonds is 8. The van der Waals surface area contributed by atoms with E-state index in [0.29, 0.717) is 13.0 Å². The SMILES string of the molecule is CC1CN(Cc2cccc(CNC(=O)CNC(=O)CC34CC5CC(CC(C5)C3)C4)c2)CCO1. The molecule has 1 aromatic carbocycles. The van der Waals surface area contributed by atoms with Crippen molar-refractivity contribution in [1.82, 2.24) is 15.5 Å². The molecule has 0 radical (unpaired) electrons. The number of hydrogen-bond acceptors (Lipinski definition) is 4. The highest BCUT2D eigenvalue weighted by Crippen LogP contribution is 2.61. The molecule has 5 fully saturated rings. The van der Waals surface area contributed by atoms with Gasteiger partial charge < -0.3 is 15.4 Å². The average Bonchev–Trinajstić information content (AvgIpc) is 2.75. The second-order valence-corrected chi connectivity index (χ2v) is 11.4. The van der Waals surface area contributed by atoms with Crippen LogP contribution in [-0.4, -0.2) is 49.1 Å². The minimum absolute atomic E-state index is 0.0498. The van der Waals surface area contributed by atoms with Crippen LogP contribution < -0.4 is 10.6 Å². The van der Waals surface area contributed by atoms with Crippen LogP contribution in [0.5, 0.6) is 0 Å². The maximum Gasteiger partial charge on any atom is 0.239 e. The molecule has 0 spiro atoms. The molecule has 5 aliphatic rings. The zero-order valence-corrected chi connectivity index (χ0v) is 20.0. The van der Waals surface area contributed by atoms with Crippen LogP contribution in [0.3, 0.4) is 0 Å². The Morgan fingerprint density at radius 1 is 1.03 bits per heavy atom. The van der Waals surface area contributed by atoms with Gasteiger partial charge in [-0.25, -0.2) is 0 Å². The van der Waals surface area contributed by atoms with Crippen LogP contribution in [0, 0.1) is 23.2 Å². The molecule has 6 nitrogen and oxygen atoms in total. The molecule has 4 saturated carbocycles. The van der Waals surface area contributed by atoms with Crippen LogP contribution in [0.15, 0.2) is 24.3 Å². The molecule has 1 heterocycles. The Bertz CT molecular complexity index is 835. The molecular formula is C27H39N3O3. The lowest BCUT2D eigenvalue weighted by molar-refractivity contribution is -0.131. The molecule has 1 saturated heterocycles. The molecule has 6 rings (SSSR count). The van der Waals surface area contributed by atoms with E-state index in [0.717, 1.165) is 49.6 Å². The third-order valence-electron chi connectivity index (χ3n) is 8.36. The summed E-state index contributed by atoms with van der Waals surface area (Å²) in [5, 5.41) is 5.86. The third-order valence-corrected chi connectivity index (χ3v) is 8.36. The highest BCUT2D eigenvalue weighted by Gasteiger charge is 2.51. The van der Waals surface area contributed by atoms with Gasteiger partial charge in [-0.15, -0.1) is 0 Å². The molecular weight excluding hydrogens is 414 g/mol. The number of nitrogens with zero attached hydrogens (tertiary/aromatic N) is 1. The topological polar surface area (TPSA) is 70.7 Å². The lowest BCUT2D eigenvalue weighted by atomic mass is 9.49. The van der Waals surface area contributed by atoms with Crippen molar-refractivity contribution in [3.8, 4) is 0 Å². The van der Waals surface area contributed by atoms with Crippen molar-refractivity contribution in [3.63, 3.8) is 0 Å². The first-order valence-electron chi connectivity index (χ1n) is 12.9. The largest absolute Gasteiger partial charge is 0.376 e. The molecule has 1 atom stereocenters. The first-order chi connectivity index (χ1) is 15.9. The summed E-state index contributed by atoms with van der Waals surface area (Å²) in [6.07, 6.45) is 8.70. The Morgan fingerprint density at radius 3 is 2.42 bits per heavy atom. The number of amides is 2. The maximum absolute atomic E-state index is 12.7. The minimum Gasteiger partial charge on any atom is -0.376 e.